The number of unbranched alkanes of at least 4 members (excludes halogenated alkanes) is 1. The van der Waals surface area contributed by atoms with Crippen molar-refractivity contribution in [3.8, 4) is 0 Å². The molecule has 0 unspecified atom stereocenters. The second-order valence-corrected chi connectivity index (χ2v) is 4.40. The molecule has 0 saturated carbocycles. The molecule has 1 aromatic rings. The third kappa shape index (κ3) is 5.42. The van der Waals surface area contributed by atoms with Crippen molar-refractivity contribution in [3.05, 3.63) is 11.9 Å². The van der Waals surface area contributed by atoms with Gasteiger partial charge in [-0.15, -0.1) is 0 Å². The highest BCUT2D eigenvalue weighted by Crippen LogP contribution is 2.22. The second-order valence-electron chi connectivity index (χ2n) is 4.40. The van der Waals surface area contributed by atoms with Gasteiger partial charge in [0.05, 0.1) is 5.69 Å². The molecular formula is C12H20F3N3. The largest absolute Gasteiger partial charge is 0.389 e. The molecule has 104 valence electrons. The lowest BCUT2D eigenvalue weighted by atomic mass is 10.2. The Morgan fingerprint density at radius 1 is 1.33 bits per heavy atom. The van der Waals surface area contributed by atoms with Crippen LogP contribution in [0.4, 0.5) is 19.1 Å². The summed E-state index contributed by atoms with van der Waals surface area (Å²) in [6.45, 7) is 5.37. The van der Waals surface area contributed by atoms with Crippen LogP contribution in [0.25, 0.3) is 0 Å². The summed E-state index contributed by atoms with van der Waals surface area (Å²) < 4.78 is 37.8. The zero-order valence-corrected chi connectivity index (χ0v) is 10.8. The SMILES string of the molecule is CCCn1cc(C)nc1NCCCCC(F)(F)F. The van der Waals surface area contributed by atoms with E-state index in [0.29, 0.717) is 13.0 Å². The summed E-state index contributed by atoms with van der Waals surface area (Å²) in [5.41, 5.74) is 0.918. The lowest BCUT2D eigenvalue weighted by Crippen LogP contribution is -2.11. The Morgan fingerprint density at radius 3 is 2.67 bits per heavy atom. The minimum atomic E-state index is -4.04. The summed E-state index contributed by atoms with van der Waals surface area (Å²) >= 11 is 0. The monoisotopic (exact) mass is 263 g/mol. The minimum absolute atomic E-state index is 0.157. The summed E-state index contributed by atoms with van der Waals surface area (Å²) in [5.74, 6) is 0.751. The maximum Gasteiger partial charge on any atom is 0.389 e. The van der Waals surface area contributed by atoms with Crippen molar-refractivity contribution in [1.82, 2.24) is 9.55 Å². The van der Waals surface area contributed by atoms with Crippen LogP contribution in [0.5, 0.6) is 0 Å². The molecule has 1 heterocycles. The van der Waals surface area contributed by atoms with Gasteiger partial charge in [0, 0.05) is 25.7 Å². The number of hydrogen-bond donors (Lipinski definition) is 1. The molecule has 0 amide bonds. The molecule has 0 bridgehead atoms. The van der Waals surface area contributed by atoms with Crippen molar-refractivity contribution >= 4 is 5.95 Å². The molecular weight excluding hydrogens is 243 g/mol. The van der Waals surface area contributed by atoms with E-state index in [1.165, 1.54) is 0 Å². The molecule has 0 aliphatic carbocycles. The van der Waals surface area contributed by atoms with Crippen LogP contribution in [-0.2, 0) is 6.54 Å². The fourth-order valence-corrected chi connectivity index (χ4v) is 1.75. The number of alkyl halides is 3. The number of imidazole rings is 1. The number of halogens is 3. The van der Waals surface area contributed by atoms with Crippen LogP contribution in [0.1, 0.15) is 38.3 Å². The highest BCUT2D eigenvalue weighted by Gasteiger charge is 2.25. The molecule has 0 aliphatic rings. The molecule has 1 N–H and O–H groups in total. The van der Waals surface area contributed by atoms with Crippen molar-refractivity contribution in [3.63, 3.8) is 0 Å². The summed E-state index contributed by atoms with van der Waals surface area (Å²) in [4.78, 5) is 4.31. The van der Waals surface area contributed by atoms with Gasteiger partial charge in [-0.25, -0.2) is 4.98 Å². The van der Waals surface area contributed by atoms with E-state index in [0.717, 1.165) is 24.6 Å². The quantitative estimate of drug-likeness (QED) is 0.759. The van der Waals surface area contributed by atoms with Gasteiger partial charge in [0.1, 0.15) is 0 Å². The van der Waals surface area contributed by atoms with Gasteiger partial charge >= 0.3 is 6.18 Å². The second kappa shape index (κ2) is 6.66. The van der Waals surface area contributed by atoms with Gasteiger partial charge in [-0.3, -0.25) is 0 Å². The van der Waals surface area contributed by atoms with Gasteiger partial charge in [-0.1, -0.05) is 6.92 Å². The van der Waals surface area contributed by atoms with E-state index in [-0.39, 0.29) is 6.42 Å². The zero-order chi connectivity index (χ0) is 13.6. The summed E-state index contributed by atoms with van der Waals surface area (Å²) in [7, 11) is 0. The molecule has 0 fully saturated rings. The van der Waals surface area contributed by atoms with Crippen molar-refractivity contribution in [1.29, 1.82) is 0 Å². The number of aromatic nitrogens is 2. The maximum absolute atomic E-state index is 11.9. The highest BCUT2D eigenvalue weighted by molar-refractivity contribution is 5.28. The zero-order valence-electron chi connectivity index (χ0n) is 10.8. The van der Waals surface area contributed by atoms with E-state index in [1.807, 2.05) is 17.7 Å². The van der Waals surface area contributed by atoms with Crippen LogP contribution in [0, 0.1) is 6.92 Å². The predicted octanol–water partition coefficient (Wildman–Crippen LogP) is 3.75. The standard InChI is InChI=1S/C12H20F3N3/c1-3-8-18-9-10(2)17-11(18)16-7-5-4-6-12(13,14)15/h9H,3-8H2,1-2H3,(H,16,17). The Labute approximate surface area is 105 Å². The molecule has 1 rings (SSSR count). The third-order valence-electron chi connectivity index (χ3n) is 2.53. The van der Waals surface area contributed by atoms with E-state index >= 15 is 0 Å². The van der Waals surface area contributed by atoms with E-state index in [2.05, 4.69) is 17.2 Å². The van der Waals surface area contributed by atoms with Crippen LogP contribution in [-0.4, -0.2) is 22.3 Å². The first-order valence-electron chi connectivity index (χ1n) is 6.27. The van der Waals surface area contributed by atoms with Gasteiger partial charge in [0.25, 0.3) is 0 Å². The summed E-state index contributed by atoms with van der Waals surface area (Å²) in [6, 6.07) is 0. The molecule has 0 saturated heterocycles. The Hall–Kier alpha value is -1.20. The molecule has 1 aromatic heterocycles. The number of aryl methyl sites for hydroxylation is 2. The lowest BCUT2D eigenvalue weighted by Gasteiger charge is -2.09. The van der Waals surface area contributed by atoms with Gasteiger partial charge in [0.2, 0.25) is 5.95 Å². The minimum Gasteiger partial charge on any atom is -0.356 e. The Morgan fingerprint density at radius 2 is 2.06 bits per heavy atom. The fraction of sp³-hybridized carbons (Fsp3) is 0.750. The van der Waals surface area contributed by atoms with Crippen LogP contribution in [0.3, 0.4) is 0 Å². The van der Waals surface area contributed by atoms with Crippen molar-refractivity contribution in [2.45, 2.75) is 52.3 Å². The van der Waals surface area contributed by atoms with Gasteiger partial charge < -0.3 is 9.88 Å². The number of rotatable bonds is 7. The van der Waals surface area contributed by atoms with Crippen LogP contribution in [0.15, 0.2) is 6.20 Å². The van der Waals surface area contributed by atoms with Crippen molar-refractivity contribution < 1.29 is 13.2 Å². The fourth-order valence-electron chi connectivity index (χ4n) is 1.75. The van der Waals surface area contributed by atoms with Crippen LogP contribution < -0.4 is 5.32 Å². The molecule has 0 radical (unpaired) electrons. The summed E-state index contributed by atoms with van der Waals surface area (Å²) in [5, 5.41) is 3.09. The van der Waals surface area contributed by atoms with Crippen molar-refractivity contribution in [2.75, 3.05) is 11.9 Å². The van der Waals surface area contributed by atoms with E-state index in [1.54, 1.807) is 0 Å². The van der Waals surface area contributed by atoms with E-state index in [9.17, 15) is 13.2 Å². The van der Waals surface area contributed by atoms with Crippen molar-refractivity contribution in [2.24, 2.45) is 0 Å². The van der Waals surface area contributed by atoms with Crippen LogP contribution in [0.2, 0.25) is 0 Å². The average Bonchev–Trinajstić information content (AvgIpc) is 2.57. The molecule has 18 heavy (non-hydrogen) atoms. The number of nitrogens with zero attached hydrogens (tertiary/aromatic N) is 2. The first-order chi connectivity index (χ1) is 8.42. The van der Waals surface area contributed by atoms with Gasteiger partial charge in [-0.05, 0) is 26.2 Å². The Balaban J connectivity index is 2.30. The highest BCUT2D eigenvalue weighted by atomic mass is 19.4. The van der Waals surface area contributed by atoms with Crippen LogP contribution >= 0.6 is 0 Å². The van der Waals surface area contributed by atoms with Gasteiger partial charge in [-0.2, -0.15) is 13.2 Å². The smallest absolute Gasteiger partial charge is 0.356 e. The van der Waals surface area contributed by atoms with Gasteiger partial charge in [0.15, 0.2) is 0 Å². The normalized spacial score (nSPS) is 11.8. The molecule has 0 aromatic carbocycles. The van der Waals surface area contributed by atoms with E-state index in [4.69, 9.17) is 0 Å². The molecule has 3 nitrogen and oxygen atoms in total. The Bertz CT molecular complexity index is 358. The predicted molar refractivity (Wildman–Crippen MR) is 65.7 cm³/mol. The first kappa shape index (κ1) is 14.9. The molecule has 0 aliphatic heterocycles. The maximum atomic E-state index is 11.9. The molecule has 0 atom stereocenters. The molecule has 0 spiro atoms. The third-order valence-corrected chi connectivity index (χ3v) is 2.53. The first-order valence-corrected chi connectivity index (χ1v) is 6.27. The number of nitrogens with one attached hydrogen (secondary N) is 1. The lowest BCUT2D eigenvalue weighted by molar-refractivity contribution is -0.135. The number of anilines is 1. The molecule has 6 heteroatoms. The topological polar surface area (TPSA) is 29.9 Å². The number of hydrogen-bond acceptors (Lipinski definition) is 2. The Kier molecular flexibility index (Phi) is 5.50. The van der Waals surface area contributed by atoms with E-state index < -0.39 is 12.6 Å². The average molecular weight is 263 g/mol. The summed E-state index contributed by atoms with van der Waals surface area (Å²) in [6.07, 6.45) is -1.16.